The molecule has 1 aromatic rings. The third kappa shape index (κ3) is 4.67. The van der Waals surface area contributed by atoms with Crippen LogP contribution >= 0.6 is 0 Å². The molecule has 1 aromatic carbocycles. The quantitative estimate of drug-likeness (QED) is 0.237. The maximum Gasteiger partial charge on any atom is 0.347 e. The summed E-state index contributed by atoms with van der Waals surface area (Å²) in [4.78, 5) is 34.5. The smallest absolute Gasteiger partial charge is 0.347 e. The van der Waals surface area contributed by atoms with E-state index in [0.717, 1.165) is 12.1 Å². The van der Waals surface area contributed by atoms with Crippen molar-refractivity contribution in [3.63, 3.8) is 0 Å². The van der Waals surface area contributed by atoms with Gasteiger partial charge in [-0.1, -0.05) is 0 Å². The number of primary amides is 1. The second-order valence-electron chi connectivity index (χ2n) is 4.21. The molecule has 122 valence electrons. The Hall–Kier alpha value is -3.16. The number of esters is 1. The molecular formula is C15H14FNO6. The van der Waals surface area contributed by atoms with Crippen molar-refractivity contribution in [2.24, 2.45) is 5.73 Å². The number of rotatable bonds is 6. The summed E-state index contributed by atoms with van der Waals surface area (Å²) < 4.78 is 17.3. The molecule has 8 heteroatoms. The number of ketones is 1. The topological polar surface area (TPSA) is 127 Å². The van der Waals surface area contributed by atoms with Gasteiger partial charge in [0.25, 0.3) is 5.91 Å². The normalized spacial score (nSPS) is 12.3. The zero-order valence-corrected chi connectivity index (χ0v) is 12.1. The van der Waals surface area contributed by atoms with Gasteiger partial charge in [0.05, 0.1) is 6.61 Å². The molecule has 1 rings (SSSR count). The molecule has 0 atom stereocenters. The molecule has 0 aliphatic carbocycles. The van der Waals surface area contributed by atoms with E-state index in [2.05, 4.69) is 4.74 Å². The molecule has 7 nitrogen and oxygen atoms in total. The number of aliphatic hydroxyl groups is 2. The number of hydrogen-bond donors (Lipinski definition) is 3. The summed E-state index contributed by atoms with van der Waals surface area (Å²) in [5, 5.41) is 19.4. The number of carbonyl (C=O) groups is 3. The van der Waals surface area contributed by atoms with Gasteiger partial charge in [-0.2, -0.15) is 0 Å². The van der Waals surface area contributed by atoms with Crippen molar-refractivity contribution in [1.29, 1.82) is 0 Å². The molecule has 0 bridgehead atoms. The first-order valence-electron chi connectivity index (χ1n) is 6.39. The van der Waals surface area contributed by atoms with Crippen LogP contribution in [0.1, 0.15) is 12.5 Å². The van der Waals surface area contributed by atoms with Crippen LogP contribution in [0.3, 0.4) is 0 Å². The molecule has 0 aliphatic heterocycles. The fourth-order valence-corrected chi connectivity index (χ4v) is 1.54. The third-order valence-electron chi connectivity index (χ3n) is 2.60. The van der Waals surface area contributed by atoms with Crippen LogP contribution in [0, 0.1) is 5.82 Å². The standard InChI is InChI=1S/C15H14FNO6/c1-2-23-15(22)12(14(17)21)13(20)11(19)7-10(18)8-3-5-9(16)6-4-8/h3-7,18,20H,2H2,1H3,(H2,17,21). The number of halogens is 1. The number of benzene rings is 1. The summed E-state index contributed by atoms with van der Waals surface area (Å²) in [7, 11) is 0. The maximum atomic E-state index is 12.8. The highest BCUT2D eigenvalue weighted by atomic mass is 19.1. The van der Waals surface area contributed by atoms with E-state index in [1.165, 1.54) is 19.1 Å². The maximum absolute atomic E-state index is 12.8. The van der Waals surface area contributed by atoms with Gasteiger partial charge < -0.3 is 20.7 Å². The molecule has 0 aliphatic rings. The van der Waals surface area contributed by atoms with Crippen LogP contribution in [-0.2, 0) is 19.1 Å². The van der Waals surface area contributed by atoms with Gasteiger partial charge in [-0.25, -0.2) is 9.18 Å². The van der Waals surface area contributed by atoms with Crippen molar-refractivity contribution in [1.82, 2.24) is 0 Å². The number of ether oxygens (including phenoxy) is 1. The van der Waals surface area contributed by atoms with Crippen LogP contribution < -0.4 is 5.73 Å². The second kappa shape index (κ2) is 7.74. The van der Waals surface area contributed by atoms with E-state index in [-0.39, 0.29) is 12.2 Å². The summed E-state index contributed by atoms with van der Waals surface area (Å²) in [6, 6.07) is 4.48. The van der Waals surface area contributed by atoms with Crippen LogP contribution in [0.25, 0.3) is 5.76 Å². The van der Waals surface area contributed by atoms with E-state index in [1.807, 2.05) is 0 Å². The Kier molecular flexibility index (Phi) is 6.02. The van der Waals surface area contributed by atoms with E-state index in [9.17, 15) is 29.0 Å². The number of nitrogens with two attached hydrogens (primary N) is 1. The molecule has 4 N–H and O–H groups in total. The average Bonchev–Trinajstić information content (AvgIpc) is 2.47. The molecule has 0 heterocycles. The molecule has 0 fully saturated rings. The molecular weight excluding hydrogens is 309 g/mol. The van der Waals surface area contributed by atoms with Gasteiger partial charge in [0.2, 0.25) is 5.78 Å². The number of carbonyl (C=O) groups excluding carboxylic acids is 3. The summed E-state index contributed by atoms with van der Waals surface area (Å²) >= 11 is 0. The summed E-state index contributed by atoms with van der Waals surface area (Å²) in [5.41, 5.74) is 3.99. The van der Waals surface area contributed by atoms with Crippen molar-refractivity contribution < 1.29 is 33.7 Å². The lowest BCUT2D eigenvalue weighted by molar-refractivity contribution is -0.140. The zero-order chi connectivity index (χ0) is 17.6. The van der Waals surface area contributed by atoms with Gasteiger partial charge in [0, 0.05) is 11.6 Å². The minimum atomic E-state index is -1.36. The summed E-state index contributed by atoms with van der Waals surface area (Å²) in [6.07, 6.45) is 0.560. The molecule has 23 heavy (non-hydrogen) atoms. The highest BCUT2D eigenvalue weighted by Crippen LogP contribution is 2.14. The fourth-order valence-electron chi connectivity index (χ4n) is 1.54. The van der Waals surface area contributed by atoms with Gasteiger partial charge >= 0.3 is 5.97 Å². The molecule has 1 amide bonds. The Morgan fingerprint density at radius 3 is 2.26 bits per heavy atom. The van der Waals surface area contributed by atoms with Crippen LogP contribution in [0.4, 0.5) is 4.39 Å². The van der Waals surface area contributed by atoms with Crippen LogP contribution in [0.15, 0.2) is 41.7 Å². The lowest BCUT2D eigenvalue weighted by atomic mass is 10.1. The highest BCUT2D eigenvalue weighted by Gasteiger charge is 2.26. The van der Waals surface area contributed by atoms with Gasteiger partial charge in [-0.05, 0) is 31.2 Å². The van der Waals surface area contributed by atoms with E-state index in [0.29, 0.717) is 6.08 Å². The number of aliphatic hydroxyl groups excluding tert-OH is 2. The number of hydrogen-bond acceptors (Lipinski definition) is 6. The molecule has 0 radical (unpaired) electrons. The first-order chi connectivity index (χ1) is 10.8. The van der Waals surface area contributed by atoms with E-state index < -0.39 is 40.6 Å². The second-order valence-corrected chi connectivity index (χ2v) is 4.21. The summed E-state index contributed by atoms with van der Waals surface area (Å²) in [6.45, 7) is 1.35. The van der Waals surface area contributed by atoms with Gasteiger partial charge in [0.15, 0.2) is 11.3 Å². The fraction of sp³-hybridized carbons (Fsp3) is 0.133. The first kappa shape index (κ1) is 17.9. The SMILES string of the molecule is CCOC(=O)C(C(N)=O)=C(O)C(=O)C=C(O)c1ccc(F)cc1. The van der Waals surface area contributed by atoms with Crippen molar-refractivity contribution in [2.75, 3.05) is 6.61 Å². The lowest BCUT2D eigenvalue weighted by Gasteiger charge is -2.05. The predicted molar refractivity (Wildman–Crippen MR) is 77.5 cm³/mol. The molecule has 0 saturated carbocycles. The molecule has 0 aromatic heterocycles. The Balaban J connectivity index is 3.16. The Bertz CT molecular complexity index is 690. The lowest BCUT2D eigenvalue weighted by Crippen LogP contribution is -2.26. The summed E-state index contributed by atoms with van der Waals surface area (Å²) in [5.74, 6) is -6.27. The van der Waals surface area contributed by atoms with Crippen molar-refractivity contribution in [2.45, 2.75) is 6.92 Å². The van der Waals surface area contributed by atoms with E-state index in [4.69, 9.17) is 5.73 Å². The minimum Gasteiger partial charge on any atom is -0.507 e. The van der Waals surface area contributed by atoms with Crippen molar-refractivity contribution in [3.05, 3.63) is 53.1 Å². The first-order valence-corrected chi connectivity index (χ1v) is 6.39. The molecule has 0 spiro atoms. The Morgan fingerprint density at radius 2 is 1.78 bits per heavy atom. The number of amides is 1. The van der Waals surface area contributed by atoms with E-state index >= 15 is 0 Å². The predicted octanol–water partition coefficient (Wildman–Crippen LogP) is 1.15. The van der Waals surface area contributed by atoms with Crippen LogP contribution in [-0.4, -0.2) is 34.5 Å². The van der Waals surface area contributed by atoms with Gasteiger partial charge in [0.1, 0.15) is 11.6 Å². The monoisotopic (exact) mass is 323 g/mol. The zero-order valence-electron chi connectivity index (χ0n) is 12.1. The number of allylic oxidation sites excluding steroid dienone is 1. The average molecular weight is 323 g/mol. The Labute approximate surface area is 130 Å². The van der Waals surface area contributed by atoms with E-state index in [1.54, 1.807) is 0 Å². The minimum absolute atomic E-state index is 0.0873. The van der Waals surface area contributed by atoms with Crippen LogP contribution in [0.2, 0.25) is 0 Å². The van der Waals surface area contributed by atoms with Gasteiger partial charge in [-0.3, -0.25) is 9.59 Å². The third-order valence-corrected chi connectivity index (χ3v) is 2.60. The van der Waals surface area contributed by atoms with Crippen molar-refractivity contribution in [3.8, 4) is 0 Å². The van der Waals surface area contributed by atoms with Gasteiger partial charge in [-0.15, -0.1) is 0 Å². The Morgan fingerprint density at radius 1 is 1.22 bits per heavy atom. The van der Waals surface area contributed by atoms with Crippen LogP contribution in [0.5, 0.6) is 0 Å². The largest absolute Gasteiger partial charge is 0.507 e. The van der Waals surface area contributed by atoms with Crippen molar-refractivity contribution >= 4 is 23.4 Å². The highest BCUT2D eigenvalue weighted by molar-refractivity contribution is 6.22. The molecule has 0 saturated heterocycles. The molecule has 0 unspecified atom stereocenters.